The van der Waals surface area contributed by atoms with Crippen molar-refractivity contribution in [2.75, 3.05) is 19.7 Å². The number of amides is 1. The van der Waals surface area contributed by atoms with Gasteiger partial charge in [0.25, 0.3) is 0 Å². The molecule has 1 aliphatic heterocycles. The van der Waals surface area contributed by atoms with Crippen molar-refractivity contribution in [2.24, 2.45) is 0 Å². The fourth-order valence-corrected chi connectivity index (χ4v) is 5.41. The maximum Gasteiger partial charge on any atom is 0.219 e. The number of hydrogen-bond donors (Lipinski definition) is 0. The zero-order chi connectivity index (χ0) is 20.7. The number of ether oxygens (including phenoxy) is 1. The summed E-state index contributed by atoms with van der Waals surface area (Å²) in [4.78, 5) is 18.4. The van der Waals surface area contributed by atoms with E-state index in [1.54, 1.807) is 11.8 Å². The maximum absolute atomic E-state index is 15.0. The van der Waals surface area contributed by atoms with Crippen LogP contribution in [-0.2, 0) is 16.0 Å². The minimum Gasteiger partial charge on any atom is -0.374 e. The lowest BCUT2D eigenvalue weighted by Gasteiger charge is -2.32. The predicted molar refractivity (Wildman–Crippen MR) is 121 cm³/mol. The van der Waals surface area contributed by atoms with E-state index in [1.807, 2.05) is 35.7 Å². The summed E-state index contributed by atoms with van der Waals surface area (Å²) in [7, 11) is 0. The fourth-order valence-electron chi connectivity index (χ4n) is 3.71. The molecule has 8 heteroatoms. The molecule has 0 spiro atoms. The van der Waals surface area contributed by atoms with Crippen molar-refractivity contribution in [3.63, 3.8) is 0 Å². The fraction of sp³-hybridized carbons (Fsp3) is 0.333. The summed E-state index contributed by atoms with van der Waals surface area (Å²) in [6.45, 7) is 5.20. The minimum atomic E-state index is -0.319. The lowest BCUT2D eigenvalue weighted by molar-refractivity contribution is -0.136. The Morgan fingerprint density at radius 1 is 1.41 bits per heavy atom. The van der Waals surface area contributed by atoms with Crippen molar-refractivity contribution >= 4 is 50.1 Å². The highest BCUT2D eigenvalue weighted by Gasteiger charge is 2.27. The lowest BCUT2D eigenvalue weighted by Crippen LogP contribution is -2.45. The molecule has 1 saturated heterocycles. The van der Waals surface area contributed by atoms with E-state index in [0.29, 0.717) is 41.8 Å². The van der Waals surface area contributed by atoms with Gasteiger partial charge in [-0.1, -0.05) is 15.9 Å². The van der Waals surface area contributed by atoms with Crippen molar-refractivity contribution in [3.05, 3.63) is 55.6 Å². The molecule has 0 radical (unpaired) electrons. The highest BCUT2D eigenvalue weighted by atomic mass is 127. The normalized spacial score (nSPS) is 17.1. The summed E-state index contributed by atoms with van der Waals surface area (Å²) in [6.07, 6.45) is 2.34. The second kappa shape index (κ2) is 8.31. The largest absolute Gasteiger partial charge is 0.374 e. The van der Waals surface area contributed by atoms with Gasteiger partial charge in [-0.25, -0.2) is 9.37 Å². The smallest absolute Gasteiger partial charge is 0.219 e. The number of aromatic nitrogens is 2. The first-order chi connectivity index (χ1) is 13.8. The number of halogens is 3. The summed E-state index contributed by atoms with van der Waals surface area (Å²) in [6, 6.07) is 7.34. The van der Waals surface area contributed by atoms with E-state index in [4.69, 9.17) is 9.72 Å². The molecule has 1 aliphatic rings. The number of pyridine rings is 1. The van der Waals surface area contributed by atoms with E-state index in [2.05, 4.69) is 38.5 Å². The molecular weight excluding hydrogens is 552 g/mol. The van der Waals surface area contributed by atoms with E-state index < -0.39 is 0 Å². The summed E-state index contributed by atoms with van der Waals surface area (Å²) in [5.41, 5.74) is 3.85. The number of fused-ring (bicyclic) bond motifs is 1. The Morgan fingerprint density at radius 2 is 2.21 bits per heavy atom. The average Bonchev–Trinajstić information content (AvgIpc) is 2.98. The molecule has 152 valence electrons. The quantitative estimate of drug-likeness (QED) is 0.432. The topological polar surface area (TPSA) is 46.8 Å². The van der Waals surface area contributed by atoms with Crippen LogP contribution < -0.4 is 0 Å². The van der Waals surface area contributed by atoms with Crippen molar-refractivity contribution in [1.29, 1.82) is 0 Å². The standard InChI is InChI=1S/C21H20BrFIN3O2/c1-12-3-4-27-18(10-15-11-26(13(2)28)5-6-29-15)21(25-19(27)7-12)20-16(23)8-14(22)9-17(20)24/h3-4,7-9,15H,5-6,10-11H2,1-2H3/t15-/m0/s1. The first-order valence-corrected chi connectivity index (χ1v) is 11.2. The zero-order valence-corrected chi connectivity index (χ0v) is 19.8. The van der Waals surface area contributed by atoms with Gasteiger partial charge in [0.05, 0.1) is 29.7 Å². The second-order valence-corrected chi connectivity index (χ2v) is 9.32. The number of carbonyl (C=O) groups is 1. The molecule has 1 fully saturated rings. The van der Waals surface area contributed by atoms with Gasteiger partial charge in [-0.15, -0.1) is 0 Å². The Bertz CT molecular complexity index is 1080. The Kier molecular flexibility index (Phi) is 5.94. The Labute approximate surface area is 190 Å². The number of benzene rings is 1. The number of morpholine rings is 1. The highest BCUT2D eigenvalue weighted by molar-refractivity contribution is 14.1. The predicted octanol–water partition coefficient (Wildman–Crippen LogP) is 4.61. The number of carbonyl (C=O) groups excluding carboxylic acids is 1. The van der Waals surface area contributed by atoms with Crippen molar-refractivity contribution in [3.8, 4) is 11.3 Å². The third-order valence-electron chi connectivity index (χ3n) is 5.13. The second-order valence-electron chi connectivity index (χ2n) is 7.25. The van der Waals surface area contributed by atoms with Crippen LogP contribution in [0.2, 0.25) is 0 Å². The summed E-state index contributed by atoms with van der Waals surface area (Å²) < 4.78 is 24.4. The lowest BCUT2D eigenvalue weighted by atomic mass is 10.0. The van der Waals surface area contributed by atoms with Crippen LogP contribution in [0.1, 0.15) is 18.2 Å². The van der Waals surface area contributed by atoms with Crippen molar-refractivity contribution in [2.45, 2.75) is 26.4 Å². The summed E-state index contributed by atoms with van der Waals surface area (Å²) in [5, 5.41) is 0. The summed E-state index contributed by atoms with van der Waals surface area (Å²) in [5.74, 6) is -0.277. The SMILES string of the molecule is CC(=O)N1CCO[C@@H](Cc2c(-c3c(F)cc(Br)cc3I)nc3cc(C)ccn23)C1. The van der Waals surface area contributed by atoms with Crippen molar-refractivity contribution < 1.29 is 13.9 Å². The van der Waals surface area contributed by atoms with E-state index >= 15 is 0 Å². The van der Waals surface area contributed by atoms with Crippen LogP contribution in [0.4, 0.5) is 4.39 Å². The van der Waals surface area contributed by atoms with E-state index in [1.165, 1.54) is 6.07 Å². The van der Waals surface area contributed by atoms with Crippen molar-refractivity contribution in [1.82, 2.24) is 14.3 Å². The molecule has 0 unspecified atom stereocenters. The van der Waals surface area contributed by atoms with Crippen LogP contribution in [0.25, 0.3) is 16.9 Å². The molecule has 3 aromatic rings. The van der Waals surface area contributed by atoms with E-state index in [-0.39, 0.29) is 17.8 Å². The monoisotopic (exact) mass is 571 g/mol. The first kappa shape index (κ1) is 20.7. The van der Waals surface area contributed by atoms with Gasteiger partial charge in [-0.3, -0.25) is 4.79 Å². The Balaban J connectivity index is 1.82. The molecule has 0 bridgehead atoms. The molecule has 0 saturated carbocycles. The number of rotatable bonds is 3. The number of imidazole rings is 1. The van der Waals surface area contributed by atoms with E-state index in [0.717, 1.165) is 20.5 Å². The first-order valence-electron chi connectivity index (χ1n) is 9.33. The Hall–Kier alpha value is -1.52. The van der Waals surface area contributed by atoms with E-state index in [9.17, 15) is 9.18 Å². The highest BCUT2D eigenvalue weighted by Crippen LogP contribution is 2.34. The molecule has 1 amide bonds. The minimum absolute atomic E-state index is 0.0424. The maximum atomic E-state index is 15.0. The number of nitrogens with zero attached hydrogens (tertiary/aromatic N) is 3. The van der Waals surface area contributed by atoms with Gasteiger partial charge in [0.2, 0.25) is 5.91 Å². The summed E-state index contributed by atoms with van der Waals surface area (Å²) >= 11 is 5.50. The van der Waals surface area contributed by atoms with Gasteiger partial charge < -0.3 is 14.0 Å². The van der Waals surface area contributed by atoms with Crippen LogP contribution in [0, 0.1) is 16.3 Å². The van der Waals surface area contributed by atoms with Gasteiger partial charge in [0.15, 0.2) is 0 Å². The Morgan fingerprint density at radius 3 is 2.93 bits per heavy atom. The van der Waals surface area contributed by atoms with Gasteiger partial charge in [0, 0.05) is 40.7 Å². The third-order valence-corrected chi connectivity index (χ3v) is 6.44. The molecule has 5 nitrogen and oxygen atoms in total. The third kappa shape index (κ3) is 4.20. The molecule has 3 heterocycles. The van der Waals surface area contributed by atoms with Crippen LogP contribution in [-0.4, -0.2) is 46.0 Å². The van der Waals surface area contributed by atoms with Gasteiger partial charge in [-0.05, 0) is 59.3 Å². The van der Waals surface area contributed by atoms with Gasteiger partial charge in [-0.2, -0.15) is 0 Å². The van der Waals surface area contributed by atoms with Gasteiger partial charge in [0.1, 0.15) is 11.5 Å². The average molecular weight is 572 g/mol. The molecule has 0 N–H and O–H groups in total. The molecule has 29 heavy (non-hydrogen) atoms. The molecule has 2 aromatic heterocycles. The number of hydrogen-bond acceptors (Lipinski definition) is 3. The molecule has 1 atom stereocenters. The van der Waals surface area contributed by atoms with Crippen LogP contribution in [0.15, 0.2) is 34.9 Å². The number of aryl methyl sites for hydroxylation is 1. The van der Waals surface area contributed by atoms with Crippen LogP contribution in [0.5, 0.6) is 0 Å². The molecule has 0 aliphatic carbocycles. The van der Waals surface area contributed by atoms with Crippen LogP contribution in [0.3, 0.4) is 0 Å². The molecular formula is C21H20BrFIN3O2. The van der Waals surface area contributed by atoms with Gasteiger partial charge >= 0.3 is 0 Å². The zero-order valence-electron chi connectivity index (χ0n) is 16.1. The van der Waals surface area contributed by atoms with Crippen LogP contribution >= 0.6 is 38.5 Å². The molecule has 4 rings (SSSR count). The molecule has 1 aromatic carbocycles.